The summed E-state index contributed by atoms with van der Waals surface area (Å²) in [5.41, 5.74) is 0.973. The molecular formula is C16H19N3O4. The molecule has 1 aromatic carbocycles. The second-order valence-corrected chi connectivity index (χ2v) is 5.62. The van der Waals surface area contributed by atoms with Crippen LogP contribution in [0, 0.1) is 0 Å². The highest BCUT2D eigenvalue weighted by molar-refractivity contribution is 6.04. The Labute approximate surface area is 134 Å². The fourth-order valence-corrected chi connectivity index (χ4v) is 2.83. The number of nitrogens with one attached hydrogen (secondary N) is 1. The molecule has 3 rings (SSSR count). The van der Waals surface area contributed by atoms with Gasteiger partial charge in [-0.15, -0.1) is 0 Å². The summed E-state index contributed by atoms with van der Waals surface area (Å²) in [4.78, 5) is 39.4. The van der Waals surface area contributed by atoms with Crippen LogP contribution in [0.1, 0.15) is 23.2 Å². The third-order valence-electron chi connectivity index (χ3n) is 4.12. The molecular weight excluding hydrogens is 298 g/mol. The van der Waals surface area contributed by atoms with Crippen molar-refractivity contribution in [3.63, 3.8) is 0 Å². The zero-order valence-electron chi connectivity index (χ0n) is 13.0. The molecule has 0 saturated carbocycles. The van der Waals surface area contributed by atoms with Gasteiger partial charge in [-0.2, -0.15) is 0 Å². The Morgan fingerprint density at radius 1 is 1.26 bits per heavy atom. The number of ether oxygens (including phenoxy) is 1. The molecule has 0 unspecified atom stereocenters. The van der Waals surface area contributed by atoms with Gasteiger partial charge in [-0.05, 0) is 31.0 Å². The van der Waals surface area contributed by atoms with E-state index >= 15 is 0 Å². The van der Waals surface area contributed by atoms with Gasteiger partial charge in [0.25, 0.3) is 11.8 Å². The third-order valence-corrected chi connectivity index (χ3v) is 4.12. The van der Waals surface area contributed by atoms with Crippen LogP contribution >= 0.6 is 0 Å². The number of anilines is 1. The molecule has 0 radical (unpaired) electrons. The molecule has 0 atom stereocenters. The van der Waals surface area contributed by atoms with E-state index in [0.29, 0.717) is 17.0 Å². The van der Waals surface area contributed by atoms with Gasteiger partial charge in [0.15, 0.2) is 6.61 Å². The summed E-state index contributed by atoms with van der Waals surface area (Å²) in [5, 5.41) is 2.50. The minimum atomic E-state index is -0.299. The van der Waals surface area contributed by atoms with Crippen LogP contribution < -0.4 is 15.0 Å². The lowest BCUT2D eigenvalue weighted by atomic mass is 10.1. The van der Waals surface area contributed by atoms with Crippen LogP contribution in [0.3, 0.4) is 0 Å². The van der Waals surface area contributed by atoms with Gasteiger partial charge < -0.3 is 15.0 Å². The van der Waals surface area contributed by atoms with Gasteiger partial charge in [-0.3, -0.25) is 19.3 Å². The number of fused-ring (bicyclic) bond motifs is 1. The highest BCUT2D eigenvalue weighted by Crippen LogP contribution is 2.33. The summed E-state index contributed by atoms with van der Waals surface area (Å²) >= 11 is 0. The molecule has 1 saturated heterocycles. The standard InChI is InChI=1S/C16H19N3O4/c1-17-14(20)9-19-12-8-11(16(22)18-6-2-3-7-18)4-5-13(12)23-10-15(19)21/h4-5,8H,2-3,6-7,9-10H2,1H3,(H,17,20). The Kier molecular flexibility index (Phi) is 4.18. The Morgan fingerprint density at radius 2 is 2.00 bits per heavy atom. The number of benzene rings is 1. The zero-order valence-corrected chi connectivity index (χ0v) is 13.0. The number of carbonyl (C=O) groups is 3. The van der Waals surface area contributed by atoms with E-state index in [1.165, 1.54) is 11.9 Å². The number of hydrogen-bond donors (Lipinski definition) is 1. The molecule has 0 aliphatic carbocycles. The van der Waals surface area contributed by atoms with Crippen LogP contribution in [-0.2, 0) is 9.59 Å². The van der Waals surface area contributed by atoms with Crippen LogP contribution in [0.15, 0.2) is 18.2 Å². The van der Waals surface area contributed by atoms with Gasteiger partial charge in [0.05, 0.1) is 5.69 Å². The molecule has 2 heterocycles. The molecule has 7 nitrogen and oxygen atoms in total. The van der Waals surface area contributed by atoms with E-state index in [1.807, 2.05) is 0 Å². The average molecular weight is 317 g/mol. The molecule has 1 aromatic rings. The molecule has 1 N–H and O–H groups in total. The van der Waals surface area contributed by atoms with Crippen molar-refractivity contribution in [2.24, 2.45) is 0 Å². The summed E-state index contributed by atoms with van der Waals surface area (Å²) in [6, 6.07) is 5.02. The SMILES string of the molecule is CNC(=O)CN1C(=O)COc2ccc(C(=O)N3CCCC3)cc21. The summed E-state index contributed by atoms with van der Waals surface area (Å²) in [6.07, 6.45) is 2.03. The Bertz CT molecular complexity index is 653. The van der Waals surface area contributed by atoms with Crippen molar-refractivity contribution < 1.29 is 19.1 Å². The summed E-state index contributed by atoms with van der Waals surface area (Å²) in [5.74, 6) is -0.121. The summed E-state index contributed by atoms with van der Waals surface area (Å²) < 4.78 is 5.39. The normalized spacial score (nSPS) is 16.8. The summed E-state index contributed by atoms with van der Waals surface area (Å²) in [6.45, 7) is 1.32. The zero-order chi connectivity index (χ0) is 16.4. The van der Waals surface area contributed by atoms with Crippen LogP contribution in [-0.4, -0.2) is 55.9 Å². The molecule has 23 heavy (non-hydrogen) atoms. The van der Waals surface area contributed by atoms with E-state index in [-0.39, 0.29) is 30.9 Å². The van der Waals surface area contributed by atoms with Crippen molar-refractivity contribution in [1.29, 1.82) is 0 Å². The quantitative estimate of drug-likeness (QED) is 0.875. The minimum absolute atomic E-state index is 0.0526. The first-order chi connectivity index (χ1) is 11.1. The number of hydrogen-bond acceptors (Lipinski definition) is 4. The van der Waals surface area contributed by atoms with Crippen LogP contribution in [0.4, 0.5) is 5.69 Å². The van der Waals surface area contributed by atoms with Crippen molar-refractivity contribution in [1.82, 2.24) is 10.2 Å². The fraction of sp³-hybridized carbons (Fsp3) is 0.438. The number of amides is 3. The predicted molar refractivity (Wildman–Crippen MR) is 83.5 cm³/mol. The lowest BCUT2D eigenvalue weighted by Crippen LogP contribution is -2.44. The van der Waals surface area contributed by atoms with Crippen molar-refractivity contribution in [3.8, 4) is 5.75 Å². The largest absolute Gasteiger partial charge is 0.482 e. The second kappa shape index (κ2) is 6.28. The van der Waals surface area contributed by atoms with Crippen molar-refractivity contribution in [2.45, 2.75) is 12.8 Å². The van der Waals surface area contributed by atoms with Gasteiger partial charge >= 0.3 is 0 Å². The maximum atomic E-state index is 12.5. The van der Waals surface area contributed by atoms with Crippen molar-refractivity contribution in [2.75, 3.05) is 38.2 Å². The van der Waals surface area contributed by atoms with E-state index in [2.05, 4.69) is 5.32 Å². The lowest BCUT2D eigenvalue weighted by Gasteiger charge is -2.29. The minimum Gasteiger partial charge on any atom is -0.482 e. The molecule has 0 bridgehead atoms. The van der Waals surface area contributed by atoms with Crippen LogP contribution in [0.25, 0.3) is 0 Å². The van der Waals surface area contributed by atoms with Crippen LogP contribution in [0.5, 0.6) is 5.75 Å². The number of likely N-dealkylation sites (N-methyl/N-ethyl adjacent to an activating group) is 1. The lowest BCUT2D eigenvalue weighted by molar-refractivity contribution is -0.125. The molecule has 1 fully saturated rings. The number of likely N-dealkylation sites (tertiary alicyclic amines) is 1. The first kappa shape index (κ1) is 15.3. The van der Waals surface area contributed by atoms with Gasteiger partial charge in [0.1, 0.15) is 12.3 Å². The predicted octanol–water partition coefficient (Wildman–Crippen LogP) is 0.394. The molecule has 0 aromatic heterocycles. The summed E-state index contributed by atoms with van der Waals surface area (Å²) in [7, 11) is 1.52. The Morgan fingerprint density at radius 3 is 2.70 bits per heavy atom. The maximum absolute atomic E-state index is 12.5. The molecule has 3 amide bonds. The Balaban J connectivity index is 1.90. The number of rotatable bonds is 3. The molecule has 2 aliphatic heterocycles. The van der Waals surface area contributed by atoms with Gasteiger partial charge in [-0.1, -0.05) is 0 Å². The van der Waals surface area contributed by atoms with Gasteiger partial charge in [-0.25, -0.2) is 0 Å². The topological polar surface area (TPSA) is 79.0 Å². The van der Waals surface area contributed by atoms with E-state index < -0.39 is 0 Å². The van der Waals surface area contributed by atoms with Crippen molar-refractivity contribution >= 4 is 23.4 Å². The van der Waals surface area contributed by atoms with Gasteiger partial charge in [0, 0.05) is 25.7 Å². The van der Waals surface area contributed by atoms with E-state index in [0.717, 1.165) is 25.9 Å². The fourth-order valence-electron chi connectivity index (χ4n) is 2.83. The molecule has 0 spiro atoms. The molecule has 122 valence electrons. The van der Waals surface area contributed by atoms with Crippen molar-refractivity contribution in [3.05, 3.63) is 23.8 Å². The monoisotopic (exact) mass is 317 g/mol. The van der Waals surface area contributed by atoms with E-state index in [9.17, 15) is 14.4 Å². The van der Waals surface area contributed by atoms with Gasteiger partial charge in [0.2, 0.25) is 5.91 Å². The second-order valence-electron chi connectivity index (χ2n) is 5.62. The molecule has 2 aliphatic rings. The smallest absolute Gasteiger partial charge is 0.265 e. The number of nitrogens with zero attached hydrogens (tertiary/aromatic N) is 2. The Hall–Kier alpha value is -2.57. The molecule has 7 heteroatoms. The van der Waals surface area contributed by atoms with E-state index in [4.69, 9.17) is 4.74 Å². The highest BCUT2D eigenvalue weighted by atomic mass is 16.5. The van der Waals surface area contributed by atoms with Crippen LogP contribution in [0.2, 0.25) is 0 Å². The first-order valence-electron chi connectivity index (χ1n) is 7.67. The highest BCUT2D eigenvalue weighted by Gasteiger charge is 2.29. The average Bonchev–Trinajstić information content (AvgIpc) is 3.10. The first-order valence-corrected chi connectivity index (χ1v) is 7.67. The number of carbonyl (C=O) groups excluding carboxylic acids is 3. The maximum Gasteiger partial charge on any atom is 0.265 e. The van der Waals surface area contributed by atoms with E-state index in [1.54, 1.807) is 23.1 Å². The third kappa shape index (κ3) is 2.99.